The summed E-state index contributed by atoms with van der Waals surface area (Å²) in [7, 11) is 0. The molecule has 21 heavy (non-hydrogen) atoms. The van der Waals surface area contributed by atoms with Crippen LogP contribution in [-0.2, 0) is 16.0 Å². The smallest absolute Gasteiger partial charge is 0.311 e. The molecule has 4 heteroatoms. The quantitative estimate of drug-likeness (QED) is 0.562. The van der Waals surface area contributed by atoms with Gasteiger partial charge in [0.1, 0.15) is 5.75 Å². The maximum Gasteiger partial charge on any atom is 0.311 e. The molecule has 0 saturated carbocycles. The van der Waals surface area contributed by atoms with Crippen LogP contribution in [0.25, 0.3) is 0 Å². The van der Waals surface area contributed by atoms with Crippen molar-refractivity contribution < 1.29 is 19.4 Å². The highest BCUT2D eigenvalue weighted by Gasteiger charge is 2.28. The highest BCUT2D eigenvalue weighted by molar-refractivity contribution is 5.75. The predicted octanol–water partition coefficient (Wildman–Crippen LogP) is 2.97. The first-order valence-corrected chi connectivity index (χ1v) is 7.49. The van der Waals surface area contributed by atoms with E-state index in [1.54, 1.807) is 0 Å². The monoisotopic (exact) mass is 294 g/mol. The summed E-state index contributed by atoms with van der Waals surface area (Å²) in [5, 5.41) is 8.85. The van der Waals surface area contributed by atoms with Crippen molar-refractivity contribution in [1.29, 1.82) is 0 Å². The van der Waals surface area contributed by atoms with Crippen LogP contribution in [0.2, 0.25) is 0 Å². The van der Waals surface area contributed by atoms with E-state index >= 15 is 0 Å². The summed E-state index contributed by atoms with van der Waals surface area (Å²) in [6.07, 6.45) is 2.19. The minimum absolute atomic E-state index is 0.154. The Morgan fingerprint density at radius 2 is 1.90 bits per heavy atom. The lowest BCUT2D eigenvalue weighted by Gasteiger charge is -2.22. The Labute approximate surface area is 127 Å². The predicted molar refractivity (Wildman–Crippen MR) is 82.4 cm³/mol. The van der Waals surface area contributed by atoms with Gasteiger partial charge in [0, 0.05) is 6.61 Å². The Balaban J connectivity index is 2.31. The van der Waals surface area contributed by atoms with Crippen molar-refractivity contribution in [3.63, 3.8) is 0 Å². The zero-order valence-electron chi connectivity index (χ0n) is 13.2. The zero-order chi connectivity index (χ0) is 15.7. The lowest BCUT2D eigenvalue weighted by molar-refractivity contribution is -0.153. The lowest BCUT2D eigenvalue weighted by Crippen LogP contribution is -2.27. The number of ether oxygens (including phenoxy) is 2. The molecule has 0 aliphatic heterocycles. The van der Waals surface area contributed by atoms with E-state index in [0.29, 0.717) is 19.6 Å². The van der Waals surface area contributed by atoms with Gasteiger partial charge in [0.2, 0.25) is 0 Å². The van der Waals surface area contributed by atoms with Crippen LogP contribution in [0.15, 0.2) is 24.3 Å². The van der Waals surface area contributed by atoms with Gasteiger partial charge in [0.05, 0.1) is 18.6 Å². The molecule has 0 atom stereocenters. The van der Waals surface area contributed by atoms with Crippen molar-refractivity contribution in [3.05, 3.63) is 29.8 Å². The minimum atomic E-state index is -0.468. The molecular weight excluding hydrogens is 268 g/mol. The molecule has 1 N–H and O–H groups in total. The van der Waals surface area contributed by atoms with Gasteiger partial charge in [-0.15, -0.1) is 0 Å². The third-order valence-corrected chi connectivity index (χ3v) is 3.37. The second kappa shape index (κ2) is 8.67. The number of hydrogen-bond donors (Lipinski definition) is 1. The normalized spacial score (nSPS) is 11.2. The lowest BCUT2D eigenvalue weighted by atomic mass is 9.88. The second-order valence-electron chi connectivity index (χ2n) is 5.67. The van der Waals surface area contributed by atoms with Gasteiger partial charge in [-0.05, 0) is 57.7 Å². The van der Waals surface area contributed by atoms with Gasteiger partial charge in [-0.1, -0.05) is 12.1 Å². The molecule has 0 spiro atoms. The Hall–Kier alpha value is -1.55. The van der Waals surface area contributed by atoms with E-state index in [2.05, 4.69) is 0 Å². The number of aliphatic hydroxyl groups is 1. The molecule has 1 aromatic carbocycles. The summed E-state index contributed by atoms with van der Waals surface area (Å²) >= 11 is 0. The van der Waals surface area contributed by atoms with Crippen LogP contribution in [-0.4, -0.2) is 30.9 Å². The molecule has 0 heterocycles. The Morgan fingerprint density at radius 3 is 2.48 bits per heavy atom. The summed E-state index contributed by atoms with van der Waals surface area (Å²) in [4.78, 5) is 11.7. The topological polar surface area (TPSA) is 55.8 Å². The van der Waals surface area contributed by atoms with E-state index in [9.17, 15) is 4.79 Å². The second-order valence-corrected chi connectivity index (χ2v) is 5.67. The average Bonchev–Trinajstić information content (AvgIpc) is 2.46. The molecular formula is C17H26O4. The van der Waals surface area contributed by atoms with E-state index in [0.717, 1.165) is 24.2 Å². The van der Waals surface area contributed by atoms with Crippen molar-refractivity contribution in [2.45, 2.75) is 40.0 Å². The van der Waals surface area contributed by atoms with Crippen molar-refractivity contribution in [3.8, 4) is 5.75 Å². The maximum absolute atomic E-state index is 11.7. The number of rotatable bonds is 9. The maximum atomic E-state index is 11.7. The Morgan fingerprint density at radius 1 is 1.24 bits per heavy atom. The summed E-state index contributed by atoms with van der Waals surface area (Å²) in [5.74, 6) is 0.656. The molecule has 0 unspecified atom stereocenters. The molecule has 118 valence electrons. The molecule has 0 fully saturated rings. The standard InChI is InChI=1S/C17H26O4/c1-4-20-16(19)17(2,3)11-5-13-21-15-8-6-14(7-9-15)10-12-18/h6-9,18H,4-5,10-13H2,1-3H3. The number of hydrogen-bond acceptors (Lipinski definition) is 4. The Bertz CT molecular complexity index is 423. The van der Waals surface area contributed by atoms with Crippen LogP contribution in [0.3, 0.4) is 0 Å². The minimum Gasteiger partial charge on any atom is -0.494 e. The number of esters is 1. The molecule has 4 nitrogen and oxygen atoms in total. The largest absolute Gasteiger partial charge is 0.494 e. The van der Waals surface area contributed by atoms with Crippen LogP contribution < -0.4 is 4.74 Å². The van der Waals surface area contributed by atoms with Gasteiger partial charge in [-0.2, -0.15) is 0 Å². The van der Waals surface area contributed by atoms with Gasteiger partial charge < -0.3 is 14.6 Å². The fourth-order valence-electron chi connectivity index (χ4n) is 2.01. The summed E-state index contributed by atoms with van der Waals surface area (Å²) in [6.45, 7) is 6.76. The van der Waals surface area contributed by atoms with E-state index in [1.165, 1.54) is 0 Å². The first kappa shape index (κ1) is 17.5. The molecule has 0 radical (unpaired) electrons. The Kier molecular flexibility index (Phi) is 7.23. The fraction of sp³-hybridized carbons (Fsp3) is 0.588. The molecule has 1 aromatic rings. The van der Waals surface area contributed by atoms with Gasteiger partial charge in [0.15, 0.2) is 0 Å². The number of carbonyl (C=O) groups is 1. The third kappa shape index (κ3) is 6.17. The molecule has 0 aliphatic carbocycles. The molecule has 0 bridgehead atoms. The first-order valence-electron chi connectivity index (χ1n) is 7.49. The van der Waals surface area contributed by atoms with E-state index in [1.807, 2.05) is 45.0 Å². The number of benzene rings is 1. The molecule has 0 saturated heterocycles. The molecule has 0 amide bonds. The van der Waals surface area contributed by atoms with Gasteiger partial charge in [-0.3, -0.25) is 4.79 Å². The highest BCUT2D eigenvalue weighted by Crippen LogP contribution is 2.24. The van der Waals surface area contributed by atoms with Crippen molar-refractivity contribution in [1.82, 2.24) is 0 Å². The van der Waals surface area contributed by atoms with Crippen LogP contribution in [0.4, 0.5) is 0 Å². The summed E-state index contributed by atoms with van der Waals surface area (Å²) < 4.78 is 10.7. The molecule has 0 aromatic heterocycles. The SMILES string of the molecule is CCOC(=O)C(C)(C)CCCOc1ccc(CCO)cc1. The van der Waals surface area contributed by atoms with Crippen LogP contribution >= 0.6 is 0 Å². The average molecular weight is 294 g/mol. The molecule has 0 aliphatic rings. The highest BCUT2D eigenvalue weighted by atomic mass is 16.5. The van der Waals surface area contributed by atoms with Gasteiger partial charge in [-0.25, -0.2) is 0 Å². The zero-order valence-corrected chi connectivity index (χ0v) is 13.2. The van der Waals surface area contributed by atoms with E-state index < -0.39 is 5.41 Å². The summed E-state index contributed by atoms with van der Waals surface area (Å²) in [5.41, 5.74) is 0.623. The van der Waals surface area contributed by atoms with Crippen LogP contribution in [0, 0.1) is 5.41 Å². The first-order chi connectivity index (χ1) is 9.99. The molecule has 1 rings (SSSR count). The van der Waals surface area contributed by atoms with E-state index in [4.69, 9.17) is 14.6 Å². The van der Waals surface area contributed by atoms with Crippen molar-refractivity contribution in [2.75, 3.05) is 19.8 Å². The number of aliphatic hydroxyl groups excluding tert-OH is 1. The number of carbonyl (C=O) groups excluding carboxylic acids is 1. The third-order valence-electron chi connectivity index (χ3n) is 3.37. The van der Waals surface area contributed by atoms with Crippen LogP contribution in [0.5, 0.6) is 5.75 Å². The van der Waals surface area contributed by atoms with Crippen LogP contribution in [0.1, 0.15) is 39.2 Å². The fourth-order valence-corrected chi connectivity index (χ4v) is 2.01. The van der Waals surface area contributed by atoms with Gasteiger partial charge in [0.25, 0.3) is 0 Å². The van der Waals surface area contributed by atoms with Gasteiger partial charge >= 0.3 is 5.97 Å². The summed E-state index contributed by atoms with van der Waals surface area (Å²) in [6, 6.07) is 7.71. The van der Waals surface area contributed by atoms with Crippen molar-refractivity contribution >= 4 is 5.97 Å². The van der Waals surface area contributed by atoms with E-state index in [-0.39, 0.29) is 12.6 Å². The van der Waals surface area contributed by atoms with Crippen molar-refractivity contribution in [2.24, 2.45) is 5.41 Å².